The zero-order valence-corrected chi connectivity index (χ0v) is 11.3. The highest BCUT2D eigenvalue weighted by Gasteiger charge is 2.30. The number of nitrogens with two attached hydrogens (primary N) is 1. The van der Waals surface area contributed by atoms with Crippen molar-refractivity contribution < 1.29 is 9.59 Å². The molecule has 2 heterocycles. The van der Waals surface area contributed by atoms with E-state index in [0.717, 1.165) is 19.4 Å². The summed E-state index contributed by atoms with van der Waals surface area (Å²) in [6, 6.07) is 0.179. The fraction of sp³-hybridized carbons (Fsp3) is 0.800. The van der Waals surface area contributed by atoms with Crippen molar-refractivity contribution >= 4 is 36.0 Å². The Labute approximate surface area is 111 Å². The largest absolute Gasteiger partial charge is 0.337 e. The van der Waals surface area contributed by atoms with E-state index in [1.807, 2.05) is 4.90 Å². The van der Waals surface area contributed by atoms with Crippen LogP contribution >= 0.6 is 24.2 Å². The Morgan fingerprint density at radius 2 is 2.29 bits per heavy atom. The maximum absolute atomic E-state index is 12.0. The molecule has 5 nitrogen and oxygen atoms in total. The Morgan fingerprint density at radius 1 is 1.53 bits per heavy atom. The molecule has 2 fully saturated rings. The number of carbonyl (C=O) groups is 2. The van der Waals surface area contributed by atoms with Gasteiger partial charge in [-0.25, -0.2) is 0 Å². The van der Waals surface area contributed by atoms with E-state index in [9.17, 15) is 9.59 Å². The van der Waals surface area contributed by atoms with E-state index in [2.05, 4.69) is 0 Å². The summed E-state index contributed by atoms with van der Waals surface area (Å²) in [5.41, 5.74) is 5.62. The number of hydrogen-bond donors (Lipinski definition) is 1. The van der Waals surface area contributed by atoms with E-state index in [0.29, 0.717) is 18.2 Å². The van der Waals surface area contributed by atoms with Gasteiger partial charge in [-0.2, -0.15) is 0 Å². The van der Waals surface area contributed by atoms with Gasteiger partial charge in [0.25, 0.3) is 0 Å². The van der Waals surface area contributed by atoms with Crippen LogP contribution in [0.1, 0.15) is 12.8 Å². The monoisotopic (exact) mass is 279 g/mol. The number of amides is 2. The molecule has 0 aromatic carbocycles. The molecule has 2 amide bonds. The smallest absolute Gasteiger partial charge is 0.242 e. The lowest BCUT2D eigenvalue weighted by Gasteiger charge is -2.25. The van der Waals surface area contributed by atoms with Crippen molar-refractivity contribution in [1.82, 2.24) is 9.80 Å². The molecule has 0 saturated carbocycles. The molecule has 2 saturated heterocycles. The van der Waals surface area contributed by atoms with Gasteiger partial charge >= 0.3 is 0 Å². The topological polar surface area (TPSA) is 66.6 Å². The number of thioether (sulfide) groups is 1. The lowest BCUT2D eigenvalue weighted by Crippen LogP contribution is -2.45. The van der Waals surface area contributed by atoms with E-state index < -0.39 is 0 Å². The van der Waals surface area contributed by atoms with Gasteiger partial charge in [0.15, 0.2) is 0 Å². The van der Waals surface area contributed by atoms with Gasteiger partial charge in [-0.3, -0.25) is 9.59 Å². The van der Waals surface area contributed by atoms with Crippen molar-refractivity contribution in [3.05, 3.63) is 0 Å². The van der Waals surface area contributed by atoms with Crippen LogP contribution in [0.4, 0.5) is 0 Å². The molecule has 1 atom stereocenters. The van der Waals surface area contributed by atoms with Crippen molar-refractivity contribution in [3.63, 3.8) is 0 Å². The second kappa shape index (κ2) is 6.47. The van der Waals surface area contributed by atoms with Crippen molar-refractivity contribution in [3.8, 4) is 0 Å². The zero-order valence-electron chi connectivity index (χ0n) is 9.63. The maximum atomic E-state index is 12.0. The van der Waals surface area contributed by atoms with Gasteiger partial charge in [-0.1, -0.05) is 0 Å². The van der Waals surface area contributed by atoms with Crippen LogP contribution in [0, 0.1) is 0 Å². The molecule has 1 unspecified atom stereocenters. The highest BCUT2D eigenvalue weighted by Crippen LogP contribution is 2.19. The van der Waals surface area contributed by atoms with Crippen LogP contribution in [0.15, 0.2) is 0 Å². The van der Waals surface area contributed by atoms with Crippen LogP contribution in [0.5, 0.6) is 0 Å². The number of rotatable bonds is 3. The summed E-state index contributed by atoms with van der Waals surface area (Å²) in [5, 5.41) is 0. The third-order valence-electron chi connectivity index (χ3n) is 3.12. The molecular weight excluding hydrogens is 262 g/mol. The van der Waals surface area contributed by atoms with Gasteiger partial charge in [0, 0.05) is 19.1 Å². The standard InChI is InChI=1S/C10H17N3O2S.ClH/c11-4-8-2-1-3-13(8)9(14)5-12-7-16-6-10(12)15;/h8H,1-7,11H2;1H. The van der Waals surface area contributed by atoms with E-state index in [4.69, 9.17) is 5.73 Å². The van der Waals surface area contributed by atoms with Gasteiger partial charge in [0.2, 0.25) is 11.8 Å². The fourth-order valence-electron chi connectivity index (χ4n) is 2.20. The Kier molecular flexibility index (Phi) is 5.55. The zero-order chi connectivity index (χ0) is 11.5. The first kappa shape index (κ1) is 14.6. The summed E-state index contributed by atoms with van der Waals surface area (Å²) in [7, 11) is 0. The predicted molar refractivity (Wildman–Crippen MR) is 70.1 cm³/mol. The highest BCUT2D eigenvalue weighted by molar-refractivity contribution is 8.00. The third kappa shape index (κ3) is 3.26. The molecule has 7 heteroatoms. The van der Waals surface area contributed by atoms with Gasteiger partial charge in [-0.05, 0) is 12.8 Å². The predicted octanol–water partition coefficient (Wildman–Crippen LogP) is -0.109. The number of likely N-dealkylation sites (tertiary alicyclic amines) is 1. The van der Waals surface area contributed by atoms with E-state index in [1.165, 1.54) is 0 Å². The summed E-state index contributed by atoms with van der Waals surface area (Å²) < 4.78 is 0. The summed E-state index contributed by atoms with van der Waals surface area (Å²) in [6.07, 6.45) is 2.02. The number of hydrogen-bond acceptors (Lipinski definition) is 4. The van der Waals surface area contributed by atoms with Crippen LogP contribution in [-0.4, -0.2) is 58.9 Å². The van der Waals surface area contributed by atoms with Gasteiger partial charge in [-0.15, -0.1) is 24.2 Å². The first-order chi connectivity index (χ1) is 7.72. The molecule has 2 aliphatic heterocycles. The lowest BCUT2D eigenvalue weighted by atomic mass is 10.2. The van der Waals surface area contributed by atoms with Crippen LogP contribution in [0.2, 0.25) is 0 Å². The molecule has 0 aliphatic carbocycles. The van der Waals surface area contributed by atoms with Crippen LogP contribution in [0.25, 0.3) is 0 Å². The molecule has 98 valence electrons. The second-order valence-corrected chi connectivity index (χ2v) is 5.14. The van der Waals surface area contributed by atoms with Gasteiger partial charge in [0.05, 0.1) is 11.6 Å². The Balaban J connectivity index is 0.00000144. The van der Waals surface area contributed by atoms with Crippen molar-refractivity contribution in [2.24, 2.45) is 5.73 Å². The normalized spacial score (nSPS) is 24.1. The Hall–Kier alpha value is -0.460. The van der Waals surface area contributed by atoms with E-state index in [1.54, 1.807) is 16.7 Å². The Bertz CT molecular complexity index is 303. The second-order valence-electron chi connectivity index (χ2n) is 4.19. The first-order valence-corrected chi connectivity index (χ1v) is 6.73. The minimum atomic E-state index is 0. The van der Waals surface area contributed by atoms with E-state index >= 15 is 0 Å². The quantitative estimate of drug-likeness (QED) is 0.783. The molecule has 0 spiro atoms. The van der Waals surface area contributed by atoms with Crippen molar-refractivity contribution in [2.75, 3.05) is 31.3 Å². The third-order valence-corrected chi connectivity index (χ3v) is 4.07. The summed E-state index contributed by atoms with van der Waals surface area (Å²) in [6.45, 7) is 1.53. The molecule has 0 aromatic rings. The molecule has 0 bridgehead atoms. The van der Waals surface area contributed by atoms with Crippen LogP contribution in [0.3, 0.4) is 0 Å². The fourth-order valence-corrected chi connectivity index (χ4v) is 3.11. The summed E-state index contributed by atoms with van der Waals surface area (Å²) in [4.78, 5) is 26.8. The number of halogens is 1. The average Bonchev–Trinajstić information content (AvgIpc) is 2.87. The van der Waals surface area contributed by atoms with Gasteiger partial charge < -0.3 is 15.5 Å². The molecule has 2 rings (SSSR count). The van der Waals surface area contributed by atoms with Crippen molar-refractivity contribution in [1.29, 1.82) is 0 Å². The summed E-state index contributed by atoms with van der Waals surface area (Å²) in [5.74, 6) is 1.27. The van der Waals surface area contributed by atoms with Gasteiger partial charge in [0.1, 0.15) is 6.54 Å². The average molecular weight is 280 g/mol. The number of nitrogens with zero attached hydrogens (tertiary/aromatic N) is 2. The maximum Gasteiger partial charge on any atom is 0.242 e. The molecule has 2 aliphatic rings. The van der Waals surface area contributed by atoms with Crippen molar-refractivity contribution in [2.45, 2.75) is 18.9 Å². The molecule has 0 aromatic heterocycles. The SMILES string of the molecule is Cl.NCC1CCCN1C(=O)CN1CSCC1=O. The molecular formula is C10H18ClN3O2S. The molecule has 17 heavy (non-hydrogen) atoms. The van der Waals surface area contributed by atoms with Crippen LogP contribution in [-0.2, 0) is 9.59 Å². The highest BCUT2D eigenvalue weighted by atomic mass is 35.5. The van der Waals surface area contributed by atoms with Crippen LogP contribution < -0.4 is 5.73 Å². The molecule has 2 N–H and O–H groups in total. The first-order valence-electron chi connectivity index (χ1n) is 5.57. The van der Waals surface area contributed by atoms with E-state index in [-0.39, 0.29) is 36.8 Å². The Morgan fingerprint density at radius 3 is 2.88 bits per heavy atom. The summed E-state index contributed by atoms with van der Waals surface area (Å²) >= 11 is 1.56. The molecule has 0 radical (unpaired) electrons. The number of carbonyl (C=O) groups excluding carboxylic acids is 2. The lowest BCUT2D eigenvalue weighted by molar-refractivity contribution is -0.138. The minimum absolute atomic E-state index is 0. The minimum Gasteiger partial charge on any atom is -0.337 e.